The second-order valence-corrected chi connectivity index (χ2v) is 7.29. The summed E-state index contributed by atoms with van der Waals surface area (Å²) in [7, 11) is 0. The van der Waals surface area contributed by atoms with Crippen LogP contribution in [0.3, 0.4) is 0 Å². The number of carbonyl (C=O) groups is 1. The summed E-state index contributed by atoms with van der Waals surface area (Å²) in [5.74, 6) is -1.50. The number of aromatic nitrogens is 2. The van der Waals surface area contributed by atoms with Gasteiger partial charge in [-0.05, 0) is 27.7 Å². The van der Waals surface area contributed by atoms with Gasteiger partial charge in [0.05, 0.1) is 11.7 Å². The summed E-state index contributed by atoms with van der Waals surface area (Å²) in [4.78, 5) is 13.2. The molecule has 0 unspecified atom stereocenters. The molecule has 2 heterocycles. The average Bonchev–Trinajstić information content (AvgIpc) is 2.80. The number of fused-ring (bicyclic) bond motifs is 1. The molecule has 0 saturated carbocycles. The van der Waals surface area contributed by atoms with Crippen LogP contribution in [0.25, 0.3) is 0 Å². The average molecular weight is 333 g/mol. The van der Waals surface area contributed by atoms with E-state index in [-0.39, 0.29) is 24.5 Å². The minimum atomic E-state index is -5.01. The van der Waals surface area contributed by atoms with Gasteiger partial charge in [-0.3, -0.25) is 9.48 Å². The molecule has 0 aliphatic carbocycles. The highest BCUT2D eigenvalue weighted by molar-refractivity contribution is 5.85. The Morgan fingerprint density at radius 2 is 1.87 bits per heavy atom. The lowest BCUT2D eigenvalue weighted by Gasteiger charge is -2.37. The maximum absolute atomic E-state index is 12.9. The molecule has 1 amide bonds. The molecule has 0 radical (unpaired) electrons. The van der Waals surface area contributed by atoms with Crippen molar-refractivity contribution in [3.05, 3.63) is 17.5 Å². The Kier molecular flexibility index (Phi) is 4.04. The van der Waals surface area contributed by atoms with Gasteiger partial charge in [0.2, 0.25) is 5.60 Å². The Morgan fingerprint density at radius 3 is 2.35 bits per heavy atom. The van der Waals surface area contributed by atoms with Crippen molar-refractivity contribution in [2.45, 2.75) is 64.4 Å². The number of alkyl halides is 3. The highest BCUT2D eigenvalue weighted by Crippen LogP contribution is 2.36. The van der Waals surface area contributed by atoms with Gasteiger partial charge in [0.25, 0.3) is 5.91 Å². The number of halogens is 3. The number of carbonyl (C=O) groups excluding carboxylic acids is 1. The predicted molar refractivity (Wildman–Crippen MR) is 77.7 cm³/mol. The molecule has 0 saturated heterocycles. The molecule has 0 fully saturated rings. The van der Waals surface area contributed by atoms with Crippen molar-refractivity contribution in [3.8, 4) is 0 Å². The van der Waals surface area contributed by atoms with Crippen LogP contribution in [0.4, 0.5) is 13.2 Å². The van der Waals surface area contributed by atoms with E-state index in [1.807, 2.05) is 32.4 Å². The summed E-state index contributed by atoms with van der Waals surface area (Å²) >= 11 is 0. The van der Waals surface area contributed by atoms with Crippen LogP contribution >= 0.6 is 0 Å². The monoisotopic (exact) mass is 333 g/mol. The van der Waals surface area contributed by atoms with Crippen molar-refractivity contribution in [1.82, 2.24) is 14.7 Å². The van der Waals surface area contributed by atoms with Crippen molar-refractivity contribution < 1.29 is 23.1 Å². The quantitative estimate of drug-likeness (QED) is 0.858. The smallest absolute Gasteiger partial charge is 0.373 e. The Balaban J connectivity index is 2.33. The van der Waals surface area contributed by atoms with Gasteiger partial charge in [0.1, 0.15) is 0 Å². The van der Waals surface area contributed by atoms with Crippen molar-refractivity contribution in [2.24, 2.45) is 0 Å². The van der Waals surface area contributed by atoms with Crippen LogP contribution < -0.4 is 0 Å². The lowest BCUT2D eigenvalue weighted by Crippen LogP contribution is -2.57. The highest BCUT2D eigenvalue weighted by Gasteiger charge is 2.57. The third-order valence-electron chi connectivity index (χ3n) is 4.10. The van der Waals surface area contributed by atoms with Gasteiger partial charge in [-0.1, -0.05) is 6.92 Å². The van der Waals surface area contributed by atoms with Crippen LogP contribution in [0.5, 0.6) is 0 Å². The van der Waals surface area contributed by atoms with E-state index in [1.165, 1.54) is 0 Å². The van der Waals surface area contributed by atoms with E-state index in [0.717, 1.165) is 10.6 Å². The molecular weight excluding hydrogens is 311 g/mol. The molecule has 1 N–H and O–H groups in total. The fraction of sp³-hybridized carbons (Fsp3) is 0.733. The molecule has 8 heteroatoms. The summed E-state index contributed by atoms with van der Waals surface area (Å²) in [5.41, 5.74) is -2.01. The molecule has 130 valence electrons. The van der Waals surface area contributed by atoms with Crippen LogP contribution in [0.15, 0.2) is 6.20 Å². The fourth-order valence-electron chi connectivity index (χ4n) is 2.84. The largest absolute Gasteiger partial charge is 0.426 e. The topological polar surface area (TPSA) is 58.4 Å². The zero-order chi connectivity index (χ0) is 17.8. The molecule has 1 aliphatic rings. The summed E-state index contributed by atoms with van der Waals surface area (Å²) in [6, 6.07) is 0. The van der Waals surface area contributed by atoms with Crippen molar-refractivity contribution in [3.63, 3.8) is 0 Å². The SMILES string of the molecule is C[C@@H]1CN(C(=O)[C@@](C)(O)C(F)(F)F)Cc2cnn(C(C)(C)C)c21. The van der Waals surface area contributed by atoms with E-state index < -0.39 is 17.7 Å². The minimum absolute atomic E-state index is 0.0147. The molecule has 0 bridgehead atoms. The van der Waals surface area contributed by atoms with Gasteiger partial charge in [0.15, 0.2) is 0 Å². The Bertz CT molecular complexity index is 614. The number of rotatable bonds is 1. The zero-order valence-electron chi connectivity index (χ0n) is 13.9. The van der Waals surface area contributed by atoms with Crippen LogP contribution in [0.2, 0.25) is 0 Å². The van der Waals surface area contributed by atoms with Crippen molar-refractivity contribution >= 4 is 5.91 Å². The Morgan fingerprint density at radius 1 is 1.30 bits per heavy atom. The van der Waals surface area contributed by atoms with Gasteiger partial charge in [-0.15, -0.1) is 0 Å². The Labute approximate surface area is 133 Å². The van der Waals surface area contributed by atoms with E-state index in [2.05, 4.69) is 5.10 Å². The van der Waals surface area contributed by atoms with E-state index in [1.54, 1.807) is 6.20 Å². The first-order chi connectivity index (χ1) is 10.3. The van der Waals surface area contributed by atoms with Gasteiger partial charge in [-0.2, -0.15) is 18.3 Å². The standard InChI is InChI=1S/C15H22F3N3O2/c1-9-7-20(12(22)14(5,23)15(16,17)18)8-10-6-19-21(11(9)10)13(2,3)4/h6,9,23H,7-8H2,1-5H3/t9-,14-/m1/s1. The number of aliphatic hydroxyl groups is 1. The summed E-state index contributed by atoms with van der Waals surface area (Å²) in [6.07, 6.45) is -3.43. The Hall–Kier alpha value is -1.57. The molecule has 1 aliphatic heterocycles. The maximum Gasteiger partial charge on any atom is 0.426 e. The first kappa shape index (κ1) is 17.8. The zero-order valence-corrected chi connectivity index (χ0v) is 13.9. The molecule has 2 rings (SSSR count). The van der Waals surface area contributed by atoms with Crippen LogP contribution in [-0.2, 0) is 16.9 Å². The lowest BCUT2D eigenvalue weighted by molar-refractivity contribution is -0.250. The number of hydrogen-bond acceptors (Lipinski definition) is 3. The minimum Gasteiger partial charge on any atom is -0.373 e. The van der Waals surface area contributed by atoms with E-state index in [0.29, 0.717) is 12.5 Å². The summed E-state index contributed by atoms with van der Waals surface area (Å²) in [6.45, 7) is 8.41. The normalized spacial score (nSPS) is 21.8. The van der Waals surface area contributed by atoms with Gasteiger partial charge in [0, 0.05) is 30.3 Å². The second-order valence-electron chi connectivity index (χ2n) is 7.29. The molecule has 0 aromatic carbocycles. The van der Waals surface area contributed by atoms with Crippen LogP contribution in [-0.4, -0.2) is 44.0 Å². The van der Waals surface area contributed by atoms with Gasteiger partial charge in [-0.25, -0.2) is 0 Å². The summed E-state index contributed by atoms with van der Waals surface area (Å²) < 4.78 is 40.5. The highest BCUT2D eigenvalue weighted by atomic mass is 19.4. The predicted octanol–water partition coefficient (Wildman–Crippen LogP) is 2.40. The fourth-order valence-corrected chi connectivity index (χ4v) is 2.84. The molecule has 23 heavy (non-hydrogen) atoms. The number of amides is 1. The third kappa shape index (κ3) is 2.96. The third-order valence-corrected chi connectivity index (χ3v) is 4.10. The molecule has 5 nitrogen and oxygen atoms in total. The van der Waals surface area contributed by atoms with E-state index >= 15 is 0 Å². The van der Waals surface area contributed by atoms with Crippen molar-refractivity contribution in [1.29, 1.82) is 0 Å². The molecule has 0 spiro atoms. The summed E-state index contributed by atoms with van der Waals surface area (Å²) in [5, 5.41) is 13.9. The molecular formula is C15H22F3N3O2. The van der Waals surface area contributed by atoms with Gasteiger partial charge >= 0.3 is 6.18 Å². The van der Waals surface area contributed by atoms with E-state index in [9.17, 15) is 23.1 Å². The van der Waals surface area contributed by atoms with Crippen molar-refractivity contribution in [2.75, 3.05) is 6.54 Å². The number of hydrogen-bond donors (Lipinski definition) is 1. The number of nitrogens with zero attached hydrogens (tertiary/aromatic N) is 3. The maximum atomic E-state index is 12.9. The lowest BCUT2D eigenvalue weighted by atomic mass is 9.94. The van der Waals surface area contributed by atoms with E-state index in [4.69, 9.17) is 0 Å². The van der Waals surface area contributed by atoms with Gasteiger partial charge < -0.3 is 10.0 Å². The van der Waals surface area contributed by atoms with Crippen LogP contribution in [0, 0.1) is 0 Å². The first-order valence-electron chi connectivity index (χ1n) is 7.42. The molecule has 1 aromatic heterocycles. The molecule has 2 atom stereocenters. The second kappa shape index (κ2) is 5.22. The molecule has 1 aromatic rings. The van der Waals surface area contributed by atoms with Crippen LogP contribution in [0.1, 0.15) is 51.8 Å². The first-order valence-corrected chi connectivity index (χ1v) is 7.42.